The number of benzene rings is 1. The molecule has 0 aliphatic rings. The van der Waals surface area contributed by atoms with Crippen LogP contribution >= 0.6 is 15.9 Å². The minimum atomic E-state index is 0.737. The van der Waals surface area contributed by atoms with Gasteiger partial charge in [0.1, 0.15) is 11.4 Å². The van der Waals surface area contributed by atoms with Crippen LogP contribution in [-0.2, 0) is 6.54 Å². The van der Waals surface area contributed by atoms with Crippen molar-refractivity contribution < 1.29 is 4.74 Å². The third-order valence-corrected chi connectivity index (χ3v) is 4.05. The van der Waals surface area contributed by atoms with Crippen molar-refractivity contribution in [3.05, 3.63) is 33.4 Å². The van der Waals surface area contributed by atoms with Gasteiger partial charge in [0.15, 0.2) is 0 Å². The summed E-state index contributed by atoms with van der Waals surface area (Å²) in [6, 6.07) is 4.15. The van der Waals surface area contributed by atoms with E-state index in [-0.39, 0.29) is 0 Å². The molecule has 19 heavy (non-hydrogen) atoms. The van der Waals surface area contributed by atoms with Crippen molar-refractivity contribution in [2.45, 2.75) is 20.4 Å². The van der Waals surface area contributed by atoms with E-state index in [0.717, 1.165) is 33.7 Å². The molecular formula is C14H18BrN3O. The van der Waals surface area contributed by atoms with Crippen LogP contribution in [0.2, 0.25) is 0 Å². The highest BCUT2D eigenvalue weighted by atomic mass is 79.9. The van der Waals surface area contributed by atoms with Gasteiger partial charge in [-0.3, -0.25) is 5.10 Å². The molecular weight excluding hydrogens is 306 g/mol. The smallest absolute Gasteiger partial charge is 0.128 e. The second kappa shape index (κ2) is 5.75. The van der Waals surface area contributed by atoms with Gasteiger partial charge < -0.3 is 10.1 Å². The second-order valence-electron chi connectivity index (χ2n) is 4.53. The molecule has 4 nitrogen and oxygen atoms in total. The molecule has 0 aliphatic carbocycles. The van der Waals surface area contributed by atoms with Gasteiger partial charge in [0.05, 0.1) is 17.3 Å². The maximum atomic E-state index is 5.47. The van der Waals surface area contributed by atoms with Crippen LogP contribution in [0.25, 0.3) is 11.3 Å². The Balaban J connectivity index is 2.55. The minimum Gasteiger partial charge on any atom is -0.496 e. The first kappa shape index (κ1) is 14.1. The Morgan fingerprint density at radius 1 is 1.32 bits per heavy atom. The molecule has 0 amide bonds. The number of nitrogens with one attached hydrogen (secondary N) is 2. The van der Waals surface area contributed by atoms with Gasteiger partial charge in [-0.15, -0.1) is 0 Å². The molecule has 1 aromatic heterocycles. The molecule has 0 saturated heterocycles. The Bertz CT molecular complexity index is 593. The minimum absolute atomic E-state index is 0.737. The van der Waals surface area contributed by atoms with E-state index in [1.165, 1.54) is 11.1 Å². The molecule has 2 rings (SSSR count). The molecule has 2 N–H and O–H groups in total. The maximum Gasteiger partial charge on any atom is 0.128 e. The number of hydrogen-bond acceptors (Lipinski definition) is 3. The Hall–Kier alpha value is -1.33. The van der Waals surface area contributed by atoms with Crippen LogP contribution in [0.15, 0.2) is 16.6 Å². The molecule has 1 aromatic carbocycles. The number of nitrogens with zero attached hydrogens (tertiary/aromatic N) is 1. The molecule has 0 saturated carbocycles. The fraction of sp³-hybridized carbons (Fsp3) is 0.357. The van der Waals surface area contributed by atoms with Crippen molar-refractivity contribution in [3.63, 3.8) is 0 Å². The molecule has 0 bridgehead atoms. The SMILES string of the molecule is CNCc1[nH]nc(-c2cc(C)c(C)cc2OC)c1Br. The van der Waals surface area contributed by atoms with Gasteiger partial charge in [-0.05, 0) is 60.1 Å². The zero-order valence-corrected chi connectivity index (χ0v) is 13.2. The molecule has 0 spiro atoms. The van der Waals surface area contributed by atoms with E-state index in [0.29, 0.717) is 0 Å². The molecule has 5 heteroatoms. The second-order valence-corrected chi connectivity index (χ2v) is 5.32. The third kappa shape index (κ3) is 2.67. The van der Waals surface area contributed by atoms with Gasteiger partial charge in [-0.1, -0.05) is 0 Å². The van der Waals surface area contributed by atoms with Gasteiger partial charge in [0.25, 0.3) is 0 Å². The zero-order chi connectivity index (χ0) is 14.0. The fourth-order valence-electron chi connectivity index (χ4n) is 1.98. The highest BCUT2D eigenvalue weighted by Crippen LogP contribution is 2.36. The number of H-pyrrole nitrogens is 1. The predicted molar refractivity (Wildman–Crippen MR) is 80.5 cm³/mol. The van der Waals surface area contributed by atoms with E-state index in [1.54, 1.807) is 7.11 Å². The average Bonchev–Trinajstić information content (AvgIpc) is 2.74. The van der Waals surface area contributed by atoms with E-state index >= 15 is 0 Å². The first-order valence-corrected chi connectivity index (χ1v) is 6.90. The van der Waals surface area contributed by atoms with Gasteiger partial charge in [0.2, 0.25) is 0 Å². The van der Waals surface area contributed by atoms with Gasteiger partial charge >= 0.3 is 0 Å². The summed E-state index contributed by atoms with van der Waals surface area (Å²) in [7, 11) is 3.59. The first-order chi connectivity index (χ1) is 9.08. The number of aryl methyl sites for hydroxylation is 2. The van der Waals surface area contributed by atoms with Crippen molar-refractivity contribution in [2.24, 2.45) is 0 Å². The van der Waals surface area contributed by atoms with E-state index in [4.69, 9.17) is 4.74 Å². The summed E-state index contributed by atoms with van der Waals surface area (Å²) >= 11 is 3.61. The van der Waals surface area contributed by atoms with E-state index in [1.807, 2.05) is 13.1 Å². The number of rotatable bonds is 4. The average molecular weight is 324 g/mol. The van der Waals surface area contributed by atoms with Crippen molar-refractivity contribution in [2.75, 3.05) is 14.2 Å². The molecule has 0 unspecified atom stereocenters. The number of ether oxygens (including phenoxy) is 1. The largest absolute Gasteiger partial charge is 0.496 e. The van der Waals surface area contributed by atoms with E-state index < -0.39 is 0 Å². The molecule has 2 aromatic rings. The molecule has 0 aliphatic heterocycles. The van der Waals surface area contributed by atoms with Gasteiger partial charge in [-0.2, -0.15) is 5.10 Å². The molecule has 0 radical (unpaired) electrons. The maximum absolute atomic E-state index is 5.47. The summed E-state index contributed by atoms with van der Waals surface area (Å²) in [4.78, 5) is 0. The van der Waals surface area contributed by atoms with Crippen molar-refractivity contribution in [3.8, 4) is 17.0 Å². The van der Waals surface area contributed by atoms with Crippen LogP contribution in [-0.4, -0.2) is 24.4 Å². The fourth-order valence-corrected chi connectivity index (χ4v) is 2.51. The summed E-state index contributed by atoms with van der Waals surface area (Å²) in [5, 5.41) is 10.5. The summed E-state index contributed by atoms with van der Waals surface area (Å²) in [6.45, 7) is 4.90. The van der Waals surface area contributed by atoms with Crippen LogP contribution in [0, 0.1) is 13.8 Å². The van der Waals surface area contributed by atoms with Crippen LogP contribution in [0.5, 0.6) is 5.75 Å². The van der Waals surface area contributed by atoms with Crippen LogP contribution in [0.1, 0.15) is 16.8 Å². The highest BCUT2D eigenvalue weighted by molar-refractivity contribution is 9.10. The number of halogens is 1. The lowest BCUT2D eigenvalue weighted by Crippen LogP contribution is -2.05. The number of aromatic amines is 1. The topological polar surface area (TPSA) is 49.9 Å². The lowest BCUT2D eigenvalue weighted by molar-refractivity contribution is 0.416. The van der Waals surface area contributed by atoms with Crippen LogP contribution in [0.3, 0.4) is 0 Å². The highest BCUT2D eigenvalue weighted by Gasteiger charge is 2.16. The number of methoxy groups -OCH3 is 1. The molecule has 102 valence electrons. The molecule has 0 atom stereocenters. The Kier molecular flexibility index (Phi) is 4.27. The Labute approximate surface area is 121 Å². The normalized spacial score (nSPS) is 10.8. The molecule has 1 heterocycles. The number of aromatic nitrogens is 2. The van der Waals surface area contributed by atoms with Crippen molar-refractivity contribution in [1.29, 1.82) is 0 Å². The third-order valence-electron chi connectivity index (χ3n) is 3.20. The molecule has 0 fully saturated rings. The van der Waals surface area contributed by atoms with Crippen molar-refractivity contribution >= 4 is 15.9 Å². The van der Waals surface area contributed by atoms with E-state index in [9.17, 15) is 0 Å². The Morgan fingerprint density at radius 2 is 2.00 bits per heavy atom. The summed E-state index contributed by atoms with van der Waals surface area (Å²) in [5.74, 6) is 0.839. The number of hydrogen-bond donors (Lipinski definition) is 2. The quantitative estimate of drug-likeness (QED) is 0.908. The summed E-state index contributed by atoms with van der Waals surface area (Å²) < 4.78 is 6.44. The predicted octanol–water partition coefficient (Wildman–Crippen LogP) is 3.18. The van der Waals surface area contributed by atoms with Crippen LogP contribution < -0.4 is 10.1 Å². The lowest BCUT2D eigenvalue weighted by atomic mass is 10.0. The lowest BCUT2D eigenvalue weighted by Gasteiger charge is -2.10. The summed E-state index contributed by atoms with van der Waals surface area (Å²) in [5.41, 5.74) is 5.34. The van der Waals surface area contributed by atoms with E-state index in [2.05, 4.69) is 51.4 Å². The van der Waals surface area contributed by atoms with Gasteiger partial charge in [0, 0.05) is 12.1 Å². The van der Waals surface area contributed by atoms with Gasteiger partial charge in [-0.25, -0.2) is 0 Å². The zero-order valence-electron chi connectivity index (χ0n) is 11.6. The monoisotopic (exact) mass is 323 g/mol. The van der Waals surface area contributed by atoms with Crippen LogP contribution in [0.4, 0.5) is 0 Å². The summed E-state index contributed by atoms with van der Waals surface area (Å²) in [6.07, 6.45) is 0. The first-order valence-electron chi connectivity index (χ1n) is 6.11. The standard InChI is InChI=1S/C14H18BrN3O/c1-8-5-10(12(19-4)6-9(8)2)14-13(15)11(7-16-3)17-18-14/h5-6,16H,7H2,1-4H3,(H,17,18). The van der Waals surface area contributed by atoms with Crippen molar-refractivity contribution in [1.82, 2.24) is 15.5 Å². The Morgan fingerprint density at radius 3 is 2.63 bits per heavy atom.